The summed E-state index contributed by atoms with van der Waals surface area (Å²) in [7, 11) is 0. The van der Waals surface area contributed by atoms with Crippen LogP contribution in [-0.4, -0.2) is 10.2 Å². The molecule has 2 nitrogen and oxygen atoms in total. The molecule has 13 heavy (non-hydrogen) atoms. The van der Waals surface area contributed by atoms with Crippen LogP contribution in [0.3, 0.4) is 0 Å². The van der Waals surface area contributed by atoms with E-state index in [2.05, 4.69) is 0 Å². The highest BCUT2D eigenvalue weighted by Gasteiger charge is 2.29. The van der Waals surface area contributed by atoms with E-state index in [1.165, 1.54) is 0 Å². The first-order valence-electron chi connectivity index (χ1n) is 4.47. The highest BCUT2D eigenvalue weighted by atomic mass is 16.3. The number of rotatable bonds is 2. The van der Waals surface area contributed by atoms with Crippen molar-refractivity contribution in [2.24, 2.45) is 5.92 Å². The van der Waals surface area contributed by atoms with Crippen LogP contribution in [0.4, 0.5) is 0 Å². The van der Waals surface area contributed by atoms with Crippen molar-refractivity contribution in [2.75, 3.05) is 0 Å². The Balaban J connectivity index is 3.14. The first kappa shape index (κ1) is 10.1. The number of hydrogen-bond acceptors (Lipinski definition) is 2. The number of phenols is 1. The van der Waals surface area contributed by atoms with Crippen molar-refractivity contribution in [1.29, 1.82) is 0 Å². The summed E-state index contributed by atoms with van der Waals surface area (Å²) < 4.78 is 0. The second-order valence-corrected chi connectivity index (χ2v) is 3.82. The van der Waals surface area contributed by atoms with E-state index in [4.69, 9.17) is 0 Å². The fraction of sp³-hybridized carbons (Fsp3) is 0.455. The number of para-hydroxylation sites is 1. The average Bonchev–Trinajstić information content (AvgIpc) is 2.04. The number of benzene rings is 1. The Bertz CT molecular complexity index is 290. The second kappa shape index (κ2) is 3.38. The van der Waals surface area contributed by atoms with Crippen molar-refractivity contribution in [3.63, 3.8) is 0 Å². The first-order valence-corrected chi connectivity index (χ1v) is 4.47. The summed E-state index contributed by atoms with van der Waals surface area (Å²) in [4.78, 5) is 0. The van der Waals surface area contributed by atoms with Crippen LogP contribution in [0.2, 0.25) is 0 Å². The summed E-state index contributed by atoms with van der Waals surface area (Å²) in [6.07, 6.45) is 0. The maximum absolute atomic E-state index is 10.1. The van der Waals surface area contributed by atoms with Gasteiger partial charge in [-0.05, 0) is 18.9 Å². The lowest BCUT2D eigenvalue weighted by Gasteiger charge is -2.28. The fourth-order valence-electron chi connectivity index (χ4n) is 1.21. The Morgan fingerprint density at radius 2 is 1.77 bits per heavy atom. The van der Waals surface area contributed by atoms with Crippen molar-refractivity contribution in [1.82, 2.24) is 0 Å². The van der Waals surface area contributed by atoms with E-state index in [-0.39, 0.29) is 11.7 Å². The molecule has 0 aliphatic rings. The molecule has 72 valence electrons. The van der Waals surface area contributed by atoms with Gasteiger partial charge in [0.25, 0.3) is 0 Å². The molecular formula is C11H16O2. The highest BCUT2D eigenvalue weighted by molar-refractivity contribution is 5.36. The van der Waals surface area contributed by atoms with E-state index >= 15 is 0 Å². The van der Waals surface area contributed by atoms with Gasteiger partial charge in [-0.1, -0.05) is 32.0 Å². The third-order valence-corrected chi connectivity index (χ3v) is 2.57. The molecule has 0 saturated carbocycles. The number of hydrogen-bond donors (Lipinski definition) is 2. The molecule has 0 spiro atoms. The van der Waals surface area contributed by atoms with E-state index in [1.54, 1.807) is 25.1 Å². The molecule has 0 aliphatic carbocycles. The molecule has 1 aromatic carbocycles. The van der Waals surface area contributed by atoms with Crippen LogP contribution < -0.4 is 0 Å². The molecule has 2 heteroatoms. The minimum atomic E-state index is -0.967. The molecule has 0 fully saturated rings. The Labute approximate surface area is 78.8 Å². The zero-order chi connectivity index (χ0) is 10.1. The Hall–Kier alpha value is -1.02. The van der Waals surface area contributed by atoms with Crippen LogP contribution in [0.1, 0.15) is 26.3 Å². The molecule has 0 radical (unpaired) electrons. The van der Waals surface area contributed by atoms with E-state index in [0.717, 1.165) is 0 Å². The Morgan fingerprint density at radius 3 is 2.23 bits per heavy atom. The first-order chi connectivity index (χ1) is 5.96. The zero-order valence-electron chi connectivity index (χ0n) is 8.28. The number of aromatic hydroxyl groups is 1. The molecule has 0 saturated heterocycles. The smallest absolute Gasteiger partial charge is 0.121 e. The molecule has 0 aromatic heterocycles. The van der Waals surface area contributed by atoms with Crippen molar-refractivity contribution in [3.8, 4) is 5.75 Å². The van der Waals surface area contributed by atoms with Gasteiger partial charge >= 0.3 is 0 Å². The van der Waals surface area contributed by atoms with Gasteiger partial charge in [-0.15, -0.1) is 0 Å². The lowest BCUT2D eigenvalue weighted by molar-refractivity contribution is 0.00702. The summed E-state index contributed by atoms with van der Waals surface area (Å²) in [6.45, 7) is 5.56. The molecule has 0 aliphatic heterocycles. The Kier molecular flexibility index (Phi) is 2.62. The second-order valence-electron chi connectivity index (χ2n) is 3.82. The van der Waals surface area contributed by atoms with Crippen LogP contribution >= 0.6 is 0 Å². The number of aliphatic hydroxyl groups is 1. The Morgan fingerprint density at radius 1 is 1.23 bits per heavy atom. The van der Waals surface area contributed by atoms with Crippen LogP contribution in [0.25, 0.3) is 0 Å². The SMILES string of the molecule is CC(C)C(C)(O)c1ccccc1O. The van der Waals surface area contributed by atoms with Gasteiger partial charge in [-0.25, -0.2) is 0 Å². The average molecular weight is 180 g/mol. The molecule has 0 amide bonds. The molecule has 1 unspecified atom stereocenters. The van der Waals surface area contributed by atoms with Crippen LogP contribution in [0.15, 0.2) is 24.3 Å². The van der Waals surface area contributed by atoms with Gasteiger partial charge in [0.15, 0.2) is 0 Å². The molecule has 0 heterocycles. The van der Waals surface area contributed by atoms with E-state index in [9.17, 15) is 10.2 Å². The third-order valence-electron chi connectivity index (χ3n) is 2.57. The van der Waals surface area contributed by atoms with Crippen molar-refractivity contribution < 1.29 is 10.2 Å². The van der Waals surface area contributed by atoms with Crippen LogP contribution in [0.5, 0.6) is 5.75 Å². The van der Waals surface area contributed by atoms with Gasteiger partial charge in [0.2, 0.25) is 0 Å². The van der Waals surface area contributed by atoms with Gasteiger partial charge < -0.3 is 10.2 Å². The molecule has 1 rings (SSSR count). The largest absolute Gasteiger partial charge is 0.508 e. The number of phenolic OH excluding ortho intramolecular Hbond substituents is 1. The van der Waals surface area contributed by atoms with E-state index < -0.39 is 5.60 Å². The van der Waals surface area contributed by atoms with Gasteiger partial charge in [-0.2, -0.15) is 0 Å². The standard InChI is InChI=1S/C11H16O2/c1-8(2)11(3,13)9-6-4-5-7-10(9)12/h4-8,12-13H,1-3H3. The van der Waals surface area contributed by atoms with Crippen molar-refractivity contribution in [3.05, 3.63) is 29.8 Å². The normalized spacial score (nSPS) is 15.8. The minimum Gasteiger partial charge on any atom is -0.508 e. The van der Waals surface area contributed by atoms with Gasteiger partial charge in [0, 0.05) is 5.56 Å². The fourth-order valence-corrected chi connectivity index (χ4v) is 1.21. The molecule has 1 atom stereocenters. The maximum Gasteiger partial charge on any atom is 0.121 e. The third kappa shape index (κ3) is 1.83. The maximum atomic E-state index is 10.1. The van der Waals surface area contributed by atoms with E-state index in [1.807, 2.05) is 19.9 Å². The minimum absolute atomic E-state index is 0.0702. The molecular weight excluding hydrogens is 164 g/mol. The van der Waals surface area contributed by atoms with Gasteiger partial charge in [0.1, 0.15) is 5.75 Å². The van der Waals surface area contributed by atoms with Crippen LogP contribution in [0, 0.1) is 5.92 Å². The summed E-state index contributed by atoms with van der Waals surface area (Å²) >= 11 is 0. The summed E-state index contributed by atoms with van der Waals surface area (Å²) in [5.41, 5.74) is -0.379. The monoisotopic (exact) mass is 180 g/mol. The molecule has 2 N–H and O–H groups in total. The summed E-state index contributed by atoms with van der Waals surface area (Å²) in [6, 6.07) is 6.89. The quantitative estimate of drug-likeness (QED) is 0.732. The van der Waals surface area contributed by atoms with Crippen molar-refractivity contribution >= 4 is 0 Å². The molecule has 0 bridgehead atoms. The topological polar surface area (TPSA) is 40.5 Å². The summed E-state index contributed by atoms with van der Waals surface area (Å²) in [5.74, 6) is 0.224. The van der Waals surface area contributed by atoms with Crippen LogP contribution in [-0.2, 0) is 5.60 Å². The predicted octanol–water partition coefficient (Wildman–Crippen LogP) is 2.26. The lowest BCUT2D eigenvalue weighted by atomic mass is 9.85. The van der Waals surface area contributed by atoms with Gasteiger partial charge in [-0.3, -0.25) is 0 Å². The van der Waals surface area contributed by atoms with E-state index in [0.29, 0.717) is 5.56 Å². The summed E-state index contributed by atoms with van der Waals surface area (Å²) in [5, 5.41) is 19.6. The highest BCUT2D eigenvalue weighted by Crippen LogP contribution is 2.34. The van der Waals surface area contributed by atoms with Gasteiger partial charge in [0.05, 0.1) is 5.60 Å². The zero-order valence-corrected chi connectivity index (χ0v) is 8.28. The predicted molar refractivity (Wildman–Crippen MR) is 52.5 cm³/mol. The lowest BCUT2D eigenvalue weighted by Crippen LogP contribution is -2.27. The molecule has 1 aromatic rings. The van der Waals surface area contributed by atoms with Crippen molar-refractivity contribution in [2.45, 2.75) is 26.4 Å².